The third-order valence-corrected chi connectivity index (χ3v) is 5.09. The van der Waals surface area contributed by atoms with Crippen LogP contribution < -0.4 is 9.47 Å². The molecule has 0 fully saturated rings. The number of halogens is 9. The molecule has 0 saturated heterocycles. The number of allylic oxidation sites excluding steroid dienone is 1. The van der Waals surface area contributed by atoms with Gasteiger partial charge in [0.25, 0.3) is 5.60 Å². The molecule has 2 aromatic rings. The molecule has 0 aliphatic carbocycles. The highest BCUT2D eigenvalue weighted by Gasteiger charge is 2.71. The van der Waals surface area contributed by atoms with Crippen LogP contribution in [0.3, 0.4) is 0 Å². The first-order valence-corrected chi connectivity index (χ1v) is 9.43. The molecule has 188 valence electrons. The van der Waals surface area contributed by atoms with Crippen LogP contribution in [0, 0.1) is 0 Å². The van der Waals surface area contributed by atoms with Crippen molar-refractivity contribution in [3.63, 3.8) is 0 Å². The molecule has 3 nitrogen and oxygen atoms in total. The van der Waals surface area contributed by atoms with Gasteiger partial charge < -0.3 is 14.6 Å². The second-order valence-electron chi connectivity index (χ2n) is 7.84. The predicted octanol–water partition coefficient (Wildman–Crippen LogP) is 6.70. The molecule has 0 saturated carbocycles. The van der Waals surface area contributed by atoms with E-state index in [0.29, 0.717) is 11.1 Å². The zero-order valence-electron chi connectivity index (χ0n) is 17.7. The summed E-state index contributed by atoms with van der Waals surface area (Å²) in [5.41, 5.74) is -4.62. The summed E-state index contributed by atoms with van der Waals surface area (Å²) in [4.78, 5) is 0. The Labute approximate surface area is 188 Å². The lowest BCUT2D eigenvalue weighted by atomic mass is 9.78. The standard InChI is InChI=1S/C22H19F9O3/c1-13(20(23,24)25)34-17-10-6-15(7-11-17)18(2,3)14-4-8-16(9-5-14)33-12-19(32,21(26,27)28)22(29,30)31/h4-11,32H,1,12H2,2-3H3. The van der Waals surface area contributed by atoms with E-state index in [0.717, 1.165) is 12.1 Å². The summed E-state index contributed by atoms with van der Waals surface area (Å²) in [5, 5.41) is 9.15. The largest absolute Gasteiger partial charge is 0.490 e. The topological polar surface area (TPSA) is 38.7 Å². The third kappa shape index (κ3) is 5.78. The van der Waals surface area contributed by atoms with Crippen molar-refractivity contribution in [1.82, 2.24) is 0 Å². The molecular weight excluding hydrogens is 483 g/mol. The Morgan fingerprint density at radius 3 is 1.47 bits per heavy atom. The molecule has 0 amide bonds. The van der Waals surface area contributed by atoms with Gasteiger partial charge >= 0.3 is 18.5 Å². The van der Waals surface area contributed by atoms with E-state index in [1.165, 1.54) is 36.4 Å². The summed E-state index contributed by atoms with van der Waals surface area (Å²) < 4.78 is 123. The van der Waals surface area contributed by atoms with E-state index in [1.54, 1.807) is 13.8 Å². The summed E-state index contributed by atoms with van der Waals surface area (Å²) >= 11 is 0. The third-order valence-electron chi connectivity index (χ3n) is 5.09. The number of aliphatic hydroxyl groups is 1. The number of rotatable bonds is 7. The normalized spacial score (nSPS) is 13.5. The average Bonchev–Trinajstić information content (AvgIpc) is 2.70. The lowest BCUT2D eigenvalue weighted by Gasteiger charge is -2.32. The maximum absolute atomic E-state index is 12.7. The molecule has 12 heteroatoms. The van der Waals surface area contributed by atoms with Crippen molar-refractivity contribution in [2.24, 2.45) is 0 Å². The highest BCUT2D eigenvalue weighted by atomic mass is 19.4. The predicted molar refractivity (Wildman–Crippen MR) is 103 cm³/mol. The van der Waals surface area contributed by atoms with Crippen molar-refractivity contribution in [3.8, 4) is 11.5 Å². The van der Waals surface area contributed by atoms with Gasteiger partial charge in [0.05, 0.1) is 0 Å². The number of hydrogen-bond donors (Lipinski definition) is 1. The molecule has 0 heterocycles. The van der Waals surface area contributed by atoms with E-state index in [4.69, 9.17) is 5.11 Å². The first kappa shape index (κ1) is 27.4. The van der Waals surface area contributed by atoms with Gasteiger partial charge in [-0.25, -0.2) is 0 Å². The van der Waals surface area contributed by atoms with Crippen LogP contribution in [0.1, 0.15) is 25.0 Å². The van der Waals surface area contributed by atoms with E-state index in [-0.39, 0.29) is 11.5 Å². The van der Waals surface area contributed by atoms with Crippen molar-refractivity contribution in [2.75, 3.05) is 6.61 Å². The minimum atomic E-state index is -6.00. The Bertz CT molecular complexity index is 973. The fourth-order valence-corrected chi connectivity index (χ4v) is 2.79. The molecule has 0 radical (unpaired) electrons. The van der Waals surface area contributed by atoms with Gasteiger partial charge in [-0.2, -0.15) is 39.5 Å². The van der Waals surface area contributed by atoms with Gasteiger partial charge in [0, 0.05) is 5.41 Å². The van der Waals surface area contributed by atoms with Crippen molar-refractivity contribution in [2.45, 2.75) is 43.4 Å². The lowest BCUT2D eigenvalue weighted by molar-refractivity contribution is -0.373. The van der Waals surface area contributed by atoms with Crippen LogP contribution in [0.25, 0.3) is 0 Å². The highest BCUT2D eigenvalue weighted by Crippen LogP contribution is 2.43. The second kappa shape index (κ2) is 9.05. The smallest absolute Gasteiger partial charge is 0.448 e. The monoisotopic (exact) mass is 502 g/mol. The first-order chi connectivity index (χ1) is 15.3. The minimum Gasteiger partial charge on any atom is -0.490 e. The van der Waals surface area contributed by atoms with Gasteiger partial charge in [0.2, 0.25) is 5.76 Å². The van der Waals surface area contributed by atoms with Crippen LogP contribution in [-0.4, -0.2) is 35.8 Å². The SMILES string of the molecule is C=C(Oc1ccc(C(C)(C)c2ccc(OCC(O)(C(F)(F)F)C(F)(F)F)cc2)cc1)C(F)(F)F. The van der Waals surface area contributed by atoms with Crippen molar-refractivity contribution in [3.05, 3.63) is 72.0 Å². The molecule has 0 spiro atoms. The van der Waals surface area contributed by atoms with Crippen molar-refractivity contribution in [1.29, 1.82) is 0 Å². The molecule has 0 atom stereocenters. The highest BCUT2D eigenvalue weighted by molar-refractivity contribution is 5.42. The Morgan fingerprint density at radius 2 is 1.12 bits per heavy atom. The summed E-state index contributed by atoms with van der Waals surface area (Å²) in [6.45, 7) is 4.19. The summed E-state index contributed by atoms with van der Waals surface area (Å²) in [6.07, 6.45) is -16.7. The number of hydrogen-bond acceptors (Lipinski definition) is 3. The van der Waals surface area contributed by atoms with Crippen LogP contribution in [-0.2, 0) is 5.41 Å². The van der Waals surface area contributed by atoms with Crippen LogP contribution in [0.5, 0.6) is 11.5 Å². The summed E-state index contributed by atoms with van der Waals surface area (Å²) in [7, 11) is 0. The van der Waals surface area contributed by atoms with Crippen LogP contribution in [0.15, 0.2) is 60.9 Å². The maximum atomic E-state index is 12.7. The lowest BCUT2D eigenvalue weighted by Crippen LogP contribution is -2.60. The maximum Gasteiger partial charge on any atom is 0.448 e. The molecule has 0 aromatic heterocycles. The Balaban J connectivity index is 2.16. The summed E-state index contributed by atoms with van der Waals surface area (Å²) in [5.74, 6) is -1.84. The van der Waals surface area contributed by atoms with E-state index in [1.807, 2.05) is 0 Å². The van der Waals surface area contributed by atoms with Crippen LogP contribution in [0.2, 0.25) is 0 Å². The Kier molecular flexibility index (Phi) is 7.28. The molecule has 0 unspecified atom stereocenters. The van der Waals surface area contributed by atoms with Gasteiger partial charge in [-0.3, -0.25) is 0 Å². The van der Waals surface area contributed by atoms with Gasteiger partial charge in [0.15, 0.2) is 0 Å². The van der Waals surface area contributed by atoms with E-state index < -0.39 is 41.9 Å². The fraction of sp³-hybridized carbons (Fsp3) is 0.364. The minimum absolute atomic E-state index is 0.104. The van der Waals surface area contributed by atoms with Gasteiger partial charge in [-0.15, -0.1) is 0 Å². The molecule has 0 aliphatic heterocycles. The fourth-order valence-electron chi connectivity index (χ4n) is 2.79. The van der Waals surface area contributed by atoms with Crippen molar-refractivity contribution < 1.29 is 54.1 Å². The zero-order chi connectivity index (χ0) is 26.2. The molecule has 1 N–H and O–H groups in total. The van der Waals surface area contributed by atoms with E-state index in [9.17, 15) is 39.5 Å². The number of ether oxygens (including phenoxy) is 2. The number of benzene rings is 2. The zero-order valence-corrected chi connectivity index (χ0v) is 17.7. The molecule has 2 aromatic carbocycles. The molecular formula is C22H19F9O3. The molecule has 2 rings (SSSR count). The van der Waals surface area contributed by atoms with Gasteiger partial charge in [-0.05, 0) is 35.4 Å². The van der Waals surface area contributed by atoms with E-state index in [2.05, 4.69) is 16.1 Å². The molecule has 0 aliphatic rings. The van der Waals surface area contributed by atoms with Gasteiger partial charge in [0.1, 0.15) is 18.1 Å². The number of alkyl halides is 9. The molecule has 0 bridgehead atoms. The second-order valence-corrected chi connectivity index (χ2v) is 7.84. The Morgan fingerprint density at radius 1 is 0.735 bits per heavy atom. The van der Waals surface area contributed by atoms with E-state index >= 15 is 0 Å². The average molecular weight is 502 g/mol. The van der Waals surface area contributed by atoms with Gasteiger partial charge in [-0.1, -0.05) is 44.7 Å². The molecule has 34 heavy (non-hydrogen) atoms. The Hall–Kier alpha value is -2.89. The summed E-state index contributed by atoms with van der Waals surface area (Å²) in [6, 6.07) is 10.6. The van der Waals surface area contributed by atoms with Crippen LogP contribution in [0.4, 0.5) is 39.5 Å². The first-order valence-electron chi connectivity index (χ1n) is 9.43. The quantitative estimate of drug-likeness (QED) is 0.338. The van der Waals surface area contributed by atoms with Crippen LogP contribution >= 0.6 is 0 Å². The van der Waals surface area contributed by atoms with Crippen molar-refractivity contribution >= 4 is 0 Å².